The molecule has 3 aliphatic rings. The van der Waals surface area contributed by atoms with Gasteiger partial charge in [0.15, 0.2) is 0 Å². The fourth-order valence-corrected chi connectivity index (χ4v) is 4.48. The molecule has 0 aliphatic carbocycles. The summed E-state index contributed by atoms with van der Waals surface area (Å²) in [5.74, 6) is -0.635. The van der Waals surface area contributed by atoms with Crippen molar-refractivity contribution in [2.24, 2.45) is 11.8 Å². The van der Waals surface area contributed by atoms with Gasteiger partial charge in [-0.15, -0.1) is 0 Å². The van der Waals surface area contributed by atoms with Gasteiger partial charge in [0.25, 0.3) is 0 Å². The Morgan fingerprint density at radius 3 is 2.50 bits per heavy atom. The highest BCUT2D eigenvalue weighted by atomic mass is 19.4. The topological polar surface area (TPSA) is 94.0 Å². The fourth-order valence-electron chi connectivity index (χ4n) is 4.48. The highest BCUT2D eigenvalue weighted by Crippen LogP contribution is 2.38. The van der Waals surface area contributed by atoms with Gasteiger partial charge in [-0.25, -0.2) is 9.78 Å². The highest BCUT2D eigenvalue weighted by Gasteiger charge is 2.47. The standard InChI is InChI=1S/C19H29N3O3.C2HF3O2/c1-7-23-8-2-17(1)13-22-14-19(15-22)11-16(4-10-25-19)3-9-24-18-12-20-5-6-21-18;3-2(4,5)1(6)7/h5-6,12,16-17H,1-4,7-11,13-15H2;(H,6,7). The van der Waals surface area contributed by atoms with Crippen LogP contribution in [0.1, 0.15) is 32.1 Å². The van der Waals surface area contributed by atoms with E-state index in [2.05, 4.69) is 14.9 Å². The van der Waals surface area contributed by atoms with E-state index in [9.17, 15) is 13.2 Å². The van der Waals surface area contributed by atoms with E-state index in [1.54, 1.807) is 18.6 Å². The first-order valence-electron chi connectivity index (χ1n) is 10.9. The van der Waals surface area contributed by atoms with Gasteiger partial charge in [0.05, 0.1) is 18.4 Å². The Balaban J connectivity index is 0.000000360. The summed E-state index contributed by atoms with van der Waals surface area (Å²) in [6.07, 6.45) is 5.73. The van der Waals surface area contributed by atoms with Gasteiger partial charge in [-0.2, -0.15) is 13.2 Å². The molecule has 0 amide bonds. The SMILES string of the molecule is O=C(O)C(F)(F)F.c1cnc(OCCC2CCOC3(C2)CN(CC2CCOCC2)C3)cn1. The number of carbonyl (C=O) groups is 1. The van der Waals surface area contributed by atoms with Gasteiger partial charge < -0.3 is 19.3 Å². The number of carboxylic acids is 1. The molecule has 8 nitrogen and oxygen atoms in total. The summed E-state index contributed by atoms with van der Waals surface area (Å²) in [4.78, 5) is 19.7. The Kier molecular flexibility index (Phi) is 8.66. The molecule has 1 spiro atoms. The van der Waals surface area contributed by atoms with E-state index in [0.717, 1.165) is 51.7 Å². The molecule has 4 heterocycles. The molecule has 4 rings (SSSR count). The molecule has 11 heteroatoms. The molecule has 3 aliphatic heterocycles. The monoisotopic (exact) mass is 461 g/mol. The Labute approximate surface area is 185 Å². The van der Waals surface area contributed by atoms with Crippen molar-refractivity contribution in [2.45, 2.75) is 43.9 Å². The number of nitrogens with zero attached hydrogens (tertiary/aromatic N) is 3. The number of alkyl halides is 3. The predicted molar refractivity (Wildman–Crippen MR) is 107 cm³/mol. The zero-order valence-corrected chi connectivity index (χ0v) is 17.9. The fraction of sp³-hybridized carbons (Fsp3) is 0.762. The third kappa shape index (κ3) is 7.56. The number of likely N-dealkylation sites (tertiary alicyclic amines) is 1. The second-order valence-electron chi connectivity index (χ2n) is 8.60. The van der Waals surface area contributed by atoms with Gasteiger partial charge >= 0.3 is 12.1 Å². The number of carboxylic acid groups (broad SMARTS) is 1. The normalized spacial score (nSPS) is 23.7. The van der Waals surface area contributed by atoms with Crippen LogP contribution in [0.25, 0.3) is 0 Å². The van der Waals surface area contributed by atoms with Crippen LogP contribution >= 0.6 is 0 Å². The molecule has 0 saturated carbocycles. The van der Waals surface area contributed by atoms with Gasteiger partial charge in [0.2, 0.25) is 5.88 Å². The zero-order chi connectivity index (χ0) is 23.0. The maximum atomic E-state index is 10.6. The lowest BCUT2D eigenvalue weighted by atomic mass is 9.79. The van der Waals surface area contributed by atoms with Crippen molar-refractivity contribution in [2.75, 3.05) is 46.1 Å². The first-order valence-corrected chi connectivity index (χ1v) is 10.9. The van der Waals surface area contributed by atoms with Gasteiger partial charge in [0.1, 0.15) is 0 Å². The maximum absolute atomic E-state index is 10.6. The minimum atomic E-state index is -5.08. The van der Waals surface area contributed by atoms with Crippen molar-refractivity contribution in [1.29, 1.82) is 0 Å². The van der Waals surface area contributed by atoms with E-state index >= 15 is 0 Å². The highest BCUT2D eigenvalue weighted by molar-refractivity contribution is 5.73. The first-order chi connectivity index (χ1) is 15.3. The van der Waals surface area contributed by atoms with E-state index in [1.165, 1.54) is 25.8 Å². The quantitative estimate of drug-likeness (QED) is 0.691. The van der Waals surface area contributed by atoms with Crippen molar-refractivity contribution in [3.05, 3.63) is 18.6 Å². The molecule has 0 radical (unpaired) electrons. The Morgan fingerprint density at radius 1 is 1.19 bits per heavy atom. The molecule has 32 heavy (non-hydrogen) atoms. The Bertz CT molecular complexity index is 710. The average molecular weight is 461 g/mol. The molecule has 3 saturated heterocycles. The Hall–Kier alpha value is -1.98. The molecule has 1 aromatic heterocycles. The van der Waals surface area contributed by atoms with Gasteiger partial charge in [0, 0.05) is 51.8 Å². The summed E-state index contributed by atoms with van der Waals surface area (Å²) < 4.78 is 49.1. The van der Waals surface area contributed by atoms with Crippen LogP contribution in [0.4, 0.5) is 13.2 Å². The zero-order valence-electron chi connectivity index (χ0n) is 17.9. The summed E-state index contributed by atoms with van der Waals surface area (Å²) in [5.41, 5.74) is 0.112. The molecule has 3 fully saturated rings. The maximum Gasteiger partial charge on any atom is 0.490 e. The second-order valence-corrected chi connectivity index (χ2v) is 8.60. The van der Waals surface area contributed by atoms with Crippen LogP contribution in [0, 0.1) is 11.8 Å². The van der Waals surface area contributed by atoms with Crippen LogP contribution in [0.3, 0.4) is 0 Å². The smallest absolute Gasteiger partial charge is 0.477 e. The van der Waals surface area contributed by atoms with E-state index in [4.69, 9.17) is 24.1 Å². The predicted octanol–water partition coefficient (Wildman–Crippen LogP) is 2.79. The van der Waals surface area contributed by atoms with Crippen molar-refractivity contribution < 1.29 is 37.3 Å². The van der Waals surface area contributed by atoms with Crippen molar-refractivity contribution in [3.8, 4) is 5.88 Å². The molecule has 1 atom stereocenters. The van der Waals surface area contributed by atoms with E-state index in [-0.39, 0.29) is 5.60 Å². The van der Waals surface area contributed by atoms with E-state index in [0.29, 0.717) is 18.4 Å². The number of hydrogen-bond donors (Lipinski definition) is 1. The molecular formula is C21H30F3N3O5. The first kappa shape index (κ1) is 24.7. The number of aromatic nitrogens is 2. The molecular weight excluding hydrogens is 431 g/mol. The average Bonchev–Trinajstić information content (AvgIpc) is 2.74. The number of ether oxygens (including phenoxy) is 3. The number of halogens is 3. The number of rotatable bonds is 6. The van der Waals surface area contributed by atoms with Crippen LogP contribution in [0.5, 0.6) is 5.88 Å². The molecule has 1 unspecified atom stereocenters. The molecule has 0 aromatic carbocycles. The lowest BCUT2D eigenvalue weighted by Crippen LogP contribution is -2.65. The van der Waals surface area contributed by atoms with Crippen molar-refractivity contribution in [3.63, 3.8) is 0 Å². The summed E-state index contributed by atoms with van der Waals surface area (Å²) in [5, 5.41) is 7.12. The summed E-state index contributed by atoms with van der Waals surface area (Å²) in [7, 11) is 0. The lowest BCUT2D eigenvalue weighted by Gasteiger charge is -2.54. The van der Waals surface area contributed by atoms with Crippen molar-refractivity contribution >= 4 is 5.97 Å². The molecule has 180 valence electrons. The summed E-state index contributed by atoms with van der Waals surface area (Å²) in [6.45, 7) is 6.90. The molecule has 1 N–H and O–H groups in total. The van der Waals surface area contributed by atoms with E-state index in [1.807, 2.05) is 0 Å². The van der Waals surface area contributed by atoms with Crippen LogP contribution in [0.15, 0.2) is 18.6 Å². The largest absolute Gasteiger partial charge is 0.490 e. The third-order valence-electron chi connectivity index (χ3n) is 6.03. The minimum Gasteiger partial charge on any atom is -0.477 e. The van der Waals surface area contributed by atoms with Gasteiger partial charge in [-0.1, -0.05) is 0 Å². The lowest BCUT2D eigenvalue weighted by molar-refractivity contribution is -0.192. The summed E-state index contributed by atoms with van der Waals surface area (Å²) in [6, 6.07) is 0. The van der Waals surface area contributed by atoms with Crippen LogP contribution < -0.4 is 4.74 Å². The molecule has 1 aromatic rings. The Morgan fingerprint density at radius 2 is 1.88 bits per heavy atom. The summed E-state index contributed by atoms with van der Waals surface area (Å²) >= 11 is 0. The van der Waals surface area contributed by atoms with Crippen LogP contribution in [0.2, 0.25) is 0 Å². The van der Waals surface area contributed by atoms with Gasteiger partial charge in [-0.3, -0.25) is 9.88 Å². The van der Waals surface area contributed by atoms with Gasteiger partial charge in [-0.05, 0) is 43.9 Å². The minimum absolute atomic E-state index is 0.112. The van der Waals surface area contributed by atoms with Crippen LogP contribution in [-0.2, 0) is 14.3 Å². The van der Waals surface area contributed by atoms with E-state index < -0.39 is 12.1 Å². The second kappa shape index (κ2) is 11.2. The number of aliphatic carboxylic acids is 1. The van der Waals surface area contributed by atoms with Crippen LogP contribution in [-0.4, -0.2) is 83.8 Å². The van der Waals surface area contributed by atoms with Crippen molar-refractivity contribution in [1.82, 2.24) is 14.9 Å². The molecule has 0 bridgehead atoms. The number of hydrogen-bond acceptors (Lipinski definition) is 7. The third-order valence-corrected chi connectivity index (χ3v) is 6.03.